The average Bonchev–Trinajstić information content (AvgIpc) is 3.62. The maximum Gasteiger partial charge on any atom is 0.125 e. The molecule has 0 radical (unpaired) electrons. The Labute approximate surface area is 271 Å². The molecule has 0 N–H and O–H groups in total. The van der Waals surface area contributed by atoms with Crippen molar-refractivity contribution in [1.82, 2.24) is 4.98 Å². The van der Waals surface area contributed by atoms with Crippen LogP contribution >= 0.6 is 11.3 Å². The topological polar surface area (TPSA) is 12.9 Å². The molecule has 1 aromatic heterocycles. The quantitative estimate of drug-likeness (QED) is 0.141. The van der Waals surface area contributed by atoms with Crippen molar-refractivity contribution < 1.29 is 0 Å². The van der Waals surface area contributed by atoms with Crippen LogP contribution in [0.3, 0.4) is 0 Å². The summed E-state index contributed by atoms with van der Waals surface area (Å²) in [6.07, 6.45) is 0. The number of rotatable bonds is 2. The molecule has 9 aromatic rings. The highest BCUT2D eigenvalue weighted by Gasteiger charge is 2.36. The molecule has 0 saturated heterocycles. The number of hydrogen-bond acceptors (Lipinski definition) is 2. The summed E-state index contributed by atoms with van der Waals surface area (Å²) in [7, 11) is 0. The van der Waals surface area contributed by atoms with E-state index in [1.165, 1.54) is 86.7 Å². The number of para-hydroxylation sites is 1. The van der Waals surface area contributed by atoms with Crippen LogP contribution in [-0.2, 0) is 5.41 Å². The van der Waals surface area contributed by atoms with Crippen molar-refractivity contribution in [3.8, 4) is 32.8 Å². The number of benzene rings is 8. The zero-order valence-electron chi connectivity index (χ0n) is 25.6. The Morgan fingerprint density at radius 3 is 1.91 bits per heavy atom. The molecule has 216 valence electrons. The molecule has 0 saturated carbocycles. The minimum absolute atomic E-state index is 0.107. The van der Waals surface area contributed by atoms with E-state index < -0.39 is 0 Å². The summed E-state index contributed by atoms with van der Waals surface area (Å²) in [5.41, 5.74) is 10.2. The second kappa shape index (κ2) is 9.36. The molecule has 0 spiro atoms. The van der Waals surface area contributed by atoms with E-state index in [0.717, 1.165) is 10.5 Å². The Morgan fingerprint density at radius 1 is 0.457 bits per heavy atom. The van der Waals surface area contributed by atoms with E-state index in [1.54, 1.807) is 11.3 Å². The molecule has 0 fully saturated rings. The SMILES string of the molecule is CC1(C)c2ccccc2-c2cc3c(-c4nc5ccccc5s4)c4ccccc4c(-c4cc5ccccc5c5ccccc45)c3cc21. The van der Waals surface area contributed by atoms with E-state index in [2.05, 4.69) is 153 Å². The van der Waals surface area contributed by atoms with Crippen molar-refractivity contribution in [2.75, 3.05) is 0 Å². The minimum Gasteiger partial charge on any atom is -0.236 e. The molecule has 8 aromatic carbocycles. The van der Waals surface area contributed by atoms with Gasteiger partial charge >= 0.3 is 0 Å². The molecule has 10 rings (SSSR count). The molecule has 46 heavy (non-hydrogen) atoms. The maximum absolute atomic E-state index is 5.26. The predicted octanol–water partition coefficient (Wildman–Crippen LogP) is 12.5. The Kier molecular flexibility index (Phi) is 5.28. The van der Waals surface area contributed by atoms with Crippen LogP contribution in [-0.4, -0.2) is 4.98 Å². The third-order valence-electron chi connectivity index (χ3n) is 10.3. The lowest BCUT2D eigenvalue weighted by molar-refractivity contribution is 0.661. The summed E-state index contributed by atoms with van der Waals surface area (Å²) < 4.78 is 1.21. The van der Waals surface area contributed by atoms with Gasteiger partial charge in [0.1, 0.15) is 5.01 Å². The fourth-order valence-corrected chi connectivity index (χ4v) is 9.17. The molecule has 0 aliphatic heterocycles. The molecular formula is C44H29NS. The van der Waals surface area contributed by atoms with Crippen LogP contribution in [0.15, 0.2) is 140 Å². The standard InChI is InChI=1S/C44H29NS/c1-44(2)37-20-10-9-17-30(37)33-24-35-36(25-38(33)44)41(34-23-26-13-3-4-14-27(26)28-15-5-6-16-29(28)34)31-18-7-8-19-32(31)42(35)43-45-39-21-11-12-22-40(39)46-43/h3-25H,1-2H3. The fourth-order valence-electron chi connectivity index (χ4n) is 8.13. The third-order valence-corrected chi connectivity index (χ3v) is 11.3. The first-order chi connectivity index (χ1) is 22.6. The van der Waals surface area contributed by atoms with Gasteiger partial charge in [-0.15, -0.1) is 11.3 Å². The highest BCUT2D eigenvalue weighted by molar-refractivity contribution is 7.21. The molecule has 0 bridgehead atoms. The van der Waals surface area contributed by atoms with Crippen LogP contribution in [0.25, 0.3) is 86.1 Å². The van der Waals surface area contributed by atoms with E-state index in [1.807, 2.05) is 0 Å². The summed E-state index contributed by atoms with van der Waals surface area (Å²) in [5, 5.41) is 11.2. The number of hydrogen-bond donors (Lipinski definition) is 0. The van der Waals surface area contributed by atoms with E-state index in [-0.39, 0.29) is 5.41 Å². The highest BCUT2D eigenvalue weighted by Crippen LogP contribution is 2.54. The molecule has 1 heterocycles. The Hall–Kier alpha value is -5.31. The predicted molar refractivity (Wildman–Crippen MR) is 198 cm³/mol. The largest absolute Gasteiger partial charge is 0.236 e. The van der Waals surface area contributed by atoms with Gasteiger partial charge in [-0.1, -0.05) is 123 Å². The fraction of sp³-hybridized carbons (Fsp3) is 0.0682. The molecular weight excluding hydrogens is 575 g/mol. The van der Waals surface area contributed by atoms with Gasteiger partial charge in [0, 0.05) is 11.0 Å². The van der Waals surface area contributed by atoms with Gasteiger partial charge in [-0.05, 0) is 107 Å². The molecule has 1 aliphatic rings. The van der Waals surface area contributed by atoms with Gasteiger partial charge in [0.05, 0.1) is 10.2 Å². The molecule has 1 nitrogen and oxygen atoms in total. The van der Waals surface area contributed by atoms with Gasteiger partial charge in [0.25, 0.3) is 0 Å². The first-order valence-corrected chi connectivity index (χ1v) is 16.8. The van der Waals surface area contributed by atoms with E-state index in [9.17, 15) is 0 Å². The van der Waals surface area contributed by atoms with Gasteiger partial charge < -0.3 is 0 Å². The molecule has 0 amide bonds. The zero-order chi connectivity index (χ0) is 30.6. The lowest BCUT2D eigenvalue weighted by Crippen LogP contribution is -2.14. The van der Waals surface area contributed by atoms with Crippen LogP contribution < -0.4 is 0 Å². The molecule has 2 heteroatoms. The Morgan fingerprint density at radius 2 is 1.09 bits per heavy atom. The van der Waals surface area contributed by atoms with Crippen LogP contribution in [0, 0.1) is 0 Å². The van der Waals surface area contributed by atoms with E-state index in [4.69, 9.17) is 4.98 Å². The van der Waals surface area contributed by atoms with E-state index >= 15 is 0 Å². The third kappa shape index (κ3) is 3.48. The van der Waals surface area contributed by atoms with Crippen molar-refractivity contribution in [2.24, 2.45) is 0 Å². The van der Waals surface area contributed by atoms with Crippen LogP contribution in [0.5, 0.6) is 0 Å². The first-order valence-electron chi connectivity index (χ1n) is 16.0. The van der Waals surface area contributed by atoms with E-state index in [0.29, 0.717) is 0 Å². The van der Waals surface area contributed by atoms with Crippen molar-refractivity contribution >= 4 is 64.6 Å². The summed E-state index contributed by atoms with van der Waals surface area (Å²) in [5.74, 6) is 0. The van der Waals surface area contributed by atoms with Gasteiger partial charge in [-0.2, -0.15) is 0 Å². The van der Waals surface area contributed by atoms with Crippen molar-refractivity contribution in [3.05, 3.63) is 151 Å². The van der Waals surface area contributed by atoms with Gasteiger partial charge in [-0.3, -0.25) is 0 Å². The number of aromatic nitrogens is 1. The minimum atomic E-state index is -0.107. The van der Waals surface area contributed by atoms with Crippen LogP contribution in [0.1, 0.15) is 25.0 Å². The normalized spacial score (nSPS) is 13.6. The Bertz CT molecular complexity index is 2690. The van der Waals surface area contributed by atoms with Gasteiger partial charge in [-0.25, -0.2) is 4.98 Å². The van der Waals surface area contributed by atoms with Crippen LogP contribution in [0.2, 0.25) is 0 Å². The number of fused-ring (bicyclic) bond motifs is 9. The average molecular weight is 604 g/mol. The van der Waals surface area contributed by atoms with Crippen molar-refractivity contribution in [1.29, 1.82) is 0 Å². The highest BCUT2D eigenvalue weighted by atomic mass is 32.1. The molecule has 1 aliphatic carbocycles. The van der Waals surface area contributed by atoms with Gasteiger partial charge in [0.15, 0.2) is 0 Å². The smallest absolute Gasteiger partial charge is 0.125 e. The lowest BCUT2D eigenvalue weighted by atomic mass is 9.79. The van der Waals surface area contributed by atoms with Gasteiger partial charge in [0.2, 0.25) is 0 Å². The second-order valence-electron chi connectivity index (χ2n) is 13.1. The summed E-state index contributed by atoms with van der Waals surface area (Å²) in [6.45, 7) is 4.76. The Balaban J connectivity index is 1.44. The van der Waals surface area contributed by atoms with Crippen molar-refractivity contribution in [2.45, 2.75) is 19.3 Å². The number of nitrogens with zero attached hydrogens (tertiary/aromatic N) is 1. The first kappa shape index (κ1) is 26.0. The van der Waals surface area contributed by atoms with Crippen LogP contribution in [0.4, 0.5) is 0 Å². The maximum atomic E-state index is 5.26. The van der Waals surface area contributed by atoms with Crippen molar-refractivity contribution in [3.63, 3.8) is 0 Å². The summed E-state index contributed by atoms with van der Waals surface area (Å²) in [6, 6.07) is 51.6. The number of thiazole rings is 1. The monoisotopic (exact) mass is 603 g/mol. The summed E-state index contributed by atoms with van der Waals surface area (Å²) in [4.78, 5) is 5.26. The second-order valence-corrected chi connectivity index (χ2v) is 14.1. The summed E-state index contributed by atoms with van der Waals surface area (Å²) >= 11 is 1.79. The lowest BCUT2D eigenvalue weighted by Gasteiger charge is -2.24. The molecule has 0 unspecified atom stereocenters. The zero-order valence-corrected chi connectivity index (χ0v) is 26.5. The molecule has 0 atom stereocenters.